The van der Waals surface area contributed by atoms with Crippen molar-refractivity contribution in [2.75, 3.05) is 5.75 Å². The molecule has 1 aromatic rings. The van der Waals surface area contributed by atoms with Crippen LogP contribution >= 0.6 is 11.8 Å². The molecule has 0 bridgehead atoms. The second-order valence-electron chi connectivity index (χ2n) is 3.93. The first-order chi connectivity index (χ1) is 8.91. The number of allylic oxidation sites excluding steroid dienone is 1. The van der Waals surface area contributed by atoms with Crippen LogP contribution in [0.25, 0.3) is 6.08 Å². The summed E-state index contributed by atoms with van der Waals surface area (Å²) in [6.07, 6.45) is 4.07. The van der Waals surface area contributed by atoms with Gasteiger partial charge in [-0.1, -0.05) is 23.9 Å². The number of nitro groups is 1. The van der Waals surface area contributed by atoms with Gasteiger partial charge in [-0.15, -0.1) is 0 Å². The van der Waals surface area contributed by atoms with E-state index >= 15 is 0 Å². The van der Waals surface area contributed by atoms with Gasteiger partial charge in [0.2, 0.25) is 0 Å². The van der Waals surface area contributed by atoms with Gasteiger partial charge in [0, 0.05) is 18.2 Å². The van der Waals surface area contributed by atoms with Crippen LogP contribution in [0.2, 0.25) is 0 Å². The Morgan fingerprint density at radius 3 is 2.79 bits per heavy atom. The van der Waals surface area contributed by atoms with E-state index in [-0.39, 0.29) is 10.8 Å². The van der Waals surface area contributed by atoms with Gasteiger partial charge >= 0.3 is 0 Å². The van der Waals surface area contributed by atoms with Crippen molar-refractivity contribution >= 4 is 28.6 Å². The number of carbonyl (C=O) groups is 1. The topological polar surface area (TPSA) is 60.2 Å². The molecule has 1 rings (SSSR count). The Morgan fingerprint density at radius 1 is 1.53 bits per heavy atom. The quantitative estimate of drug-likeness (QED) is 0.469. The van der Waals surface area contributed by atoms with Crippen LogP contribution in [0, 0.1) is 22.9 Å². The number of thioether (sulfide) groups is 1. The Hall–Kier alpha value is -1.69. The zero-order valence-electron chi connectivity index (χ0n) is 10.7. The summed E-state index contributed by atoms with van der Waals surface area (Å²) >= 11 is 1.21. The first-order valence-electron chi connectivity index (χ1n) is 5.66. The third-order valence-electron chi connectivity index (χ3n) is 2.47. The van der Waals surface area contributed by atoms with E-state index < -0.39 is 10.7 Å². The minimum Gasteiger partial charge on any atom is -0.288 e. The highest BCUT2D eigenvalue weighted by Gasteiger charge is 2.14. The molecule has 0 spiro atoms. The lowest BCUT2D eigenvalue weighted by Gasteiger charge is -2.02. The molecule has 0 heterocycles. The van der Waals surface area contributed by atoms with Crippen molar-refractivity contribution < 1.29 is 14.1 Å². The summed E-state index contributed by atoms with van der Waals surface area (Å²) in [4.78, 5) is 20.9. The Balaban J connectivity index is 2.80. The van der Waals surface area contributed by atoms with E-state index in [9.17, 15) is 19.3 Å². The highest BCUT2D eigenvalue weighted by molar-refractivity contribution is 8.13. The van der Waals surface area contributed by atoms with E-state index in [0.717, 1.165) is 6.07 Å². The number of hydrogen-bond donors (Lipinski definition) is 0. The Labute approximate surface area is 114 Å². The number of hydrogen-bond acceptors (Lipinski definition) is 4. The van der Waals surface area contributed by atoms with Gasteiger partial charge in [0.25, 0.3) is 5.69 Å². The first-order valence-corrected chi connectivity index (χ1v) is 6.65. The number of nitro benzene ring substituents is 1. The molecule has 0 atom stereocenters. The molecule has 0 saturated heterocycles. The summed E-state index contributed by atoms with van der Waals surface area (Å²) in [5, 5.41) is 10.8. The second kappa shape index (κ2) is 7.04. The summed E-state index contributed by atoms with van der Waals surface area (Å²) in [7, 11) is 0. The van der Waals surface area contributed by atoms with Crippen molar-refractivity contribution in [2.45, 2.75) is 20.3 Å². The van der Waals surface area contributed by atoms with Crippen LogP contribution in [-0.2, 0) is 4.79 Å². The lowest BCUT2D eigenvalue weighted by Crippen LogP contribution is -1.95. The van der Waals surface area contributed by atoms with Crippen LogP contribution in [0.3, 0.4) is 0 Å². The third kappa shape index (κ3) is 4.82. The van der Waals surface area contributed by atoms with E-state index in [0.29, 0.717) is 23.3 Å². The smallest absolute Gasteiger partial charge is 0.275 e. The molecule has 0 saturated carbocycles. The summed E-state index contributed by atoms with van der Waals surface area (Å²) < 4.78 is 13.3. The van der Waals surface area contributed by atoms with Gasteiger partial charge in [-0.05, 0) is 25.0 Å². The summed E-state index contributed by atoms with van der Waals surface area (Å²) in [6, 6.07) is 2.18. The molecule has 0 unspecified atom stereocenters. The summed E-state index contributed by atoms with van der Waals surface area (Å²) in [5.74, 6) is 0.0116. The van der Waals surface area contributed by atoms with Gasteiger partial charge in [-0.25, -0.2) is 4.39 Å². The lowest BCUT2D eigenvalue weighted by molar-refractivity contribution is -0.385. The van der Waals surface area contributed by atoms with E-state index in [1.807, 2.05) is 0 Å². The minimum absolute atomic E-state index is 0.0472. The van der Waals surface area contributed by atoms with Crippen molar-refractivity contribution in [1.82, 2.24) is 0 Å². The van der Waals surface area contributed by atoms with Gasteiger partial charge < -0.3 is 0 Å². The van der Waals surface area contributed by atoms with E-state index in [1.165, 1.54) is 24.8 Å². The van der Waals surface area contributed by atoms with Crippen LogP contribution in [-0.4, -0.2) is 15.8 Å². The average molecular weight is 283 g/mol. The van der Waals surface area contributed by atoms with Crippen molar-refractivity contribution in [3.8, 4) is 0 Å². The van der Waals surface area contributed by atoms with E-state index in [1.54, 1.807) is 19.1 Å². The van der Waals surface area contributed by atoms with Crippen LogP contribution in [0.5, 0.6) is 0 Å². The molecule has 0 fully saturated rings. The SMILES string of the molecule is CC(=O)SCCC=Cc1cc(F)cc([N+](=O)[O-])c1C. The number of rotatable bonds is 5. The molecule has 0 radical (unpaired) electrons. The molecular weight excluding hydrogens is 269 g/mol. The highest BCUT2D eigenvalue weighted by Crippen LogP contribution is 2.24. The predicted molar refractivity (Wildman–Crippen MR) is 74.6 cm³/mol. The van der Waals surface area contributed by atoms with Gasteiger partial charge in [0.15, 0.2) is 5.12 Å². The van der Waals surface area contributed by atoms with Crippen molar-refractivity contribution in [3.05, 3.63) is 45.3 Å². The molecule has 0 aliphatic carbocycles. The monoisotopic (exact) mass is 283 g/mol. The van der Waals surface area contributed by atoms with Crippen LogP contribution < -0.4 is 0 Å². The molecule has 0 aliphatic heterocycles. The fourth-order valence-corrected chi connectivity index (χ4v) is 2.07. The molecule has 0 amide bonds. The fourth-order valence-electron chi connectivity index (χ4n) is 1.53. The summed E-state index contributed by atoms with van der Waals surface area (Å²) in [6.45, 7) is 3.08. The maximum Gasteiger partial charge on any atom is 0.275 e. The fraction of sp³-hybridized carbons (Fsp3) is 0.308. The number of benzene rings is 1. The van der Waals surface area contributed by atoms with Crippen LogP contribution in [0.15, 0.2) is 18.2 Å². The van der Waals surface area contributed by atoms with Crippen LogP contribution in [0.4, 0.5) is 10.1 Å². The molecule has 19 heavy (non-hydrogen) atoms. The number of halogens is 1. The Morgan fingerprint density at radius 2 is 2.21 bits per heavy atom. The zero-order chi connectivity index (χ0) is 14.4. The molecule has 0 aromatic heterocycles. The van der Waals surface area contributed by atoms with Crippen molar-refractivity contribution in [1.29, 1.82) is 0 Å². The van der Waals surface area contributed by atoms with Gasteiger partial charge in [-0.2, -0.15) is 0 Å². The largest absolute Gasteiger partial charge is 0.288 e. The Bertz CT molecular complexity index is 529. The molecule has 6 heteroatoms. The average Bonchev–Trinajstić information content (AvgIpc) is 2.31. The van der Waals surface area contributed by atoms with Crippen molar-refractivity contribution in [2.24, 2.45) is 0 Å². The number of nitrogens with zero attached hydrogens (tertiary/aromatic N) is 1. The zero-order valence-corrected chi connectivity index (χ0v) is 11.5. The molecule has 102 valence electrons. The third-order valence-corrected chi connectivity index (χ3v) is 3.32. The first kappa shape index (κ1) is 15.4. The summed E-state index contributed by atoms with van der Waals surface area (Å²) in [5.41, 5.74) is 0.694. The molecule has 0 N–H and O–H groups in total. The van der Waals surface area contributed by atoms with E-state index in [2.05, 4.69) is 0 Å². The lowest BCUT2D eigenvalue weighted by atomic mass is 10.1. The van der Waals surface area contributed by atoms with Crippen LogP contribution in [0.1, 0.15) is 24.5 Å². The van der Waals surface area contributed by atoms with Gasteiger partial charge in [0.05, 0.1) is 11.0 Å². The number of carbonyl (C=O) groups excluding carboxylic acids is 1. The molecule has 1 aromatic carbocycles. The second-order valence-corrected chi connectivity index (χ2v) is 5.20. The maximum absolute atomic E-state index is 13.3. The van der Waals surface area contributed by atoms with E-state index in [4.69, 9.17) is 0 Å². The molecular formula is C13H14FNO3S. The standard InChI is InChI=1S/C13H14FNO3S/c1-9-11(5-3-4-6-19-10(2)16)7-12(14)8-13(9)15(17)18/h3,5,7-8H,4,6H2,1-2H3. The normalized spacial score (nSPS) is 10.9. The predicted octanol–water partition coefficient (Wildman–Crippen LogP) is 3.73. The minimum atomic E-state index is -0.630. The van der Waals surface area contributed by atoms with Gasteiger partial charge in [-0.3, -0.25) is 14.9 Å². The highest BCUT2D eigenvalue weighted by atomic mass is 32.2. The maximum atomic E-state index is 13.3. The van der Waals surface area contributed by atoms with Crippen molar-refractivity contribution in [3.63, 3.8) is 0 Å². The molecule has 4 nitrogen and oxygen atoms in total. The molecule has 0 aliphatic rings. The van der Waals surface area contributed by atoms with Gasteiger partial charge in [0.1, 0.15) is 5.82 Å². The Kier molecular flexibility index (Phi) is 5.69.